The third-order valence-electron chi connectivity index (χ3n) is 3.87. The van der Waals surface area contributed by atoms with Crippen molar-refractivity contribution in [3.05, 3.63) is 42.0 Å². The Morgan fingerprint density at radius 3 is 3.04 bits per heavy atom. The van der Waals surface area contributed by atoms with E-state index in [1.54, 1.807) is 30.6 Å². The van der Waals surface area contributed by atoms with Gasteiger partial charge in [-0.25, -0.2) is 9.67 Å². The van der Waals surface area contributed by atoms with E-state index in [0.29, 0.717) is 17.9 Å². The van der Waals surface area contributed by atoms with Gasteiger partial charge in [-0.3, -0.25) is 0 Å². The summed E-state index contributed by atoms with van der Waals surface area (Å²) in [7, 11) is 0. The number of fused-ring (bicyclic) bond motifs is 1. The van der Waals surface area contributed by atoms with Crippen LogP contribution in [-0.2, 0) is 13.0 Å². The molecule has 0 fully saturated rings. The van der Waals surface area contributed by atoms with Crippen LogP contribution in [0, 0.1) is 11.3 Å². The van der Waals surface area contributed by atoms with Crippen molar-refractivity contribution in [2.24, 2.45) is 0 Å². The first-order valence-electron chi connectivity index (χ1n) is 7.65. The molecule has 7 heteroatoms. The molecule has 2 unspecified atom stereocenters. The fourth-order valence-corrected chi connectivity index (χ4v) is 2.58. The first-order chi connectivity index (χ1) is 11.2. The maximum atomic E-state index is 10.0. The van der Waals surface area contributed by atoms with Gasteiger partial charge in [0.25, 0.3) is 0 Å². The lowest BCUT2D eigenvalue weighted by atomic mass is 10.1. The number of aliphatic hydroxyl groups excluding tert-OH is 1. The molecular formula is C16H19N5O2. The summed E-state index contributed by atoms with van der Waals surface area (Å²) >= 11 is 0. The molecule has 0 saturated carbocycles. The standard InChI is InChI=1S/C16H19N5O2/c17-7-12-1-4-15(5-2-12)23-10-14(22)8-18-13-3-6-16-19-11-20-21(16)9-13/h1-2,4-5,11,13-14,18,22H,3,6,8-10H2. The maximum absolute atomic E-state index is 10.0. The monoisotopic (exact) mass is 313 g/mol. The van der Waals surface area contributed by atoms with Gasteiger partial charge in [-0.1, -0.05) is 0 Å². The van der Waals surface area contributed by atoms with Crippen molar-refractivity contribution >= 4 is 0 Å². The molecule has 0 aliphatic carbocycles. The normalized spacial score (nSPS) is 18.0. The molecule has 2 atom stereocenters. The van der Waals surface area contributed by atoms with Gasteiger partial charge in [-0.05, 0) is 30.7 Å². The zero-order valence-corrected chi connectivity index (χ0v) is 12.7. The van der Waals surface area contributed by atoms with E-state index < -0.39 is 6.10 Å². The third-order valence-corrected chi connectivity index (χ3v) is 3.87. The van der Waals surface area contributed by atoms with Crippen LogP contribution in [0.5, 0.6) is 5.75 Å². The summed E-state index contributed by atoms with van der Waals surface area (Å²) in [6.07, 6.45) is 2.87. The minimum atomic E-state index is -0.595. The Morgan fingerprint density at radius 2 is 2.26 bits per heavy atom. The lowest BCUT2D eigenvalue weighted by Crippen LogP contribution is -2.42. The molecule has 120 valence electrons. The summed E-state index contributed by atoms with van der Waals surface area (Å²) in [6.45, 7) is 1.45. The second-order valence-corrected chi connectivity index (χ2v) is 5.60. The van der Waals surface area contributed by atoms with E-state index in [4.69, 9.17) is 10.00 Å². The number of rotatable bonds is 6. The molecule has 0 saturated heterocycles. The van der Waals surface area contributed by atoms with Gasteiger partial charge in [-0.15, -0.1) is 0 Å². The number of aromatic nitrogens is 3. The van der Waals surface area contributed by atoms with Crippen LogP contribution in [0.1, 0.15) is 17.8 Å². The summed E-state index contributed by atoms with van der Waals surface area (Å²) in [5.74, 6) is 1.67. The van der Waals surface area contributed by atoms with Gasteiger partial charge < -0.3 is 15.2 Å². The minimum absolute atomic E-state index is 0.209. The molecule has 0 radical (unpaired) electrons. The van der Waals surface area contributed by atoms with E-state index in [1.165, 1.54) is 0 Å². The highest BCUT2D eigenvalue weighted by Crippen LogP contribution is 2.13. The molecule has 23 heavy (non-hydrogen) atoms. The number of benzene rings is 1. The molecule has 1 aliphatic heterocycles. The number of hydrogen-bond acceptors (Lipinski definition) is 6. The van der Waals surface area contributed by atoms with Crippen LogP contribution in [-0.4, -0.2) is 45.2 Å². The number of ether oxygens (including phenoxy) is 1. The Labute approximate surface area is 134 Å². The number of nitriles is 1. The highest BCUT2D eigenvalue weighted by Gasteiger charge is 2.20. The van der Waals surface area contributed by atoms with Crippen LogP contribution >= 0.6 is 0 Å². The Balaban J connectivity index is 1.40. The van der Waals surface area contributed by atoms with E-state index in [2.05, 4.69) is 21.5 Å². The largest absolute Gasteiger partial charge is 0.491 e. The van der Waals surface area contributed by atoms with Gasteiger partial charge in [0.05, 0.1) is 18.2 Å². The second kappa shape index (κ2) is 7.22. The molecule has 0 amide bonds. The topological polar surface area (TPSA) is 96.0 Å². The lowest BCUT2D eigenvalue weighted by Gasteiger charge is -2.24. The molecule has 0 spiro atoms. The number of aliphatic hydroxyl groups is 1. The molecule has 2 heterocycles. The summed E-state index contributed by atoms with van der Waals surface area (Å²) in [5.41, 5.74) is 0.587. The summed E-state index contributed by atoms with van der Waals surface area (Å²) in [4.78, 5) is 4.20. The predicted octanol–water partition coefficient (Wildman–Crippen LogP) is 0.494. The van der Waals surface area contributed by atoms with E-state index in [9.17, 15) is 5.11 Å². The highest BCUT2D eigenvalue weighted by atomic mass is 16.5. The van der Waals surface area contributed by atoms with Gasteiger partial charge in [0, 0.05) is 19.0 Å². The maximum Gasteiger partial charge on any atom is 0.138 e. The van der Waals surface area contributed by atoms with Crippen LogP contribution in [0.25, 0.3) is 0 Å². The van der Waals surface area contributed by atoms with Gasteiger partial charge in [-0.2, -0.15) is 10.4 Å². The van der Waals surface area contributed by atoms with Crippen molar-refractivity contribution in [3.8, 4) is 11.8 Å². The minimum Gasteiger partial charge on any atom is -0.491 e. The zero-order chi connectivity index (χ0) is 16.1. The van der Waals surface area contributed by atoms with Gasteiger partial charge >= 0.3 is 0 Å². The smallest absolute Gasteiger partial charge is 0.138 e. The first kappa shape index (κ1) is 15.5. The van der Waals surface area contributed by atoms with Gasteiger partial charge in [0.2, 0.25) is 0 Å². The van der Waals surface area contributed by atoms with Crippen molar-refractivity contribution in [1.29, 1.82) is 5.26 Å². The summed E-state index contributed by atoms with van der Waals surface area (Å²) in [5, 5.41) is 26.3. The predicted molar refractivity (Wildman–Crippen MR) is 82.8 cm³/mol. The average Bonchev–Trinajstić information content (AvgIpc) is 3.06. The molecule has 1 aromatic carbocycles. The van der Waals surface area contributed by atoms with Crippen LogP contribution in [0.2, 0.25) is 0 Å². The Kier molecular flexibility index (Phi) is 4.86. The Bertz CT molecular complexity index is 677. The Morgan fingerprint density at radius 1 is 1.43 bits per heavy atom. The van der Waals surface area contributed by atoms with Crippen LogP contribution < -0.4 is 10.1 Å². The van der Waals surface area contributed by atoms with Gasteiger partial charge in [0.1, 0.15) is 30.6 Å². The number of nitrogens with zero attached hydrogens (tertiary/aromatic N) is 4. The molecule has 3 rings (SSSR count). The molecule has 1 aromatic heterocycles. The van der Waals surface area contributed by atoms with Crippen molar-refractivity contribution < 1.29 is 9.84 Å². The quantitative estimate of drug-likeness (QED) is 0.806. The molecule has 1 aliphatic rings. The van der Waals surface area contributed by atoms with Crippen molar-refractivity contribution in [1.82, 2.24) is 20.1 Å². The summed E-state index contributed by atoms with van der Waals surface area (Å²) < 4.78 is 7.43. The van der Waals surface area contributed by atoms with Crippen molar-refractivity contribution in [3.63, 3.8) is 0 Å². The molecule has 7 nitrogen and oxygen atoms in total. The molecular weight excluding hydrogens is 294 g/mol. The van der Waals surface area contributed by atoms with E-state index in [0.717, 1.165) is 25.2 Å². The fraction of sp³-hybridized carbons (Fsp3) is 0.438. The van der Waals surface area contributed by atoms with Gasteiger partial charge in [0.15, 0.2) is 0 Å². The lowest BCUT2D eigenvalue weighted by molar-refractivity contribution is 0.101. The first-order valence-corrected chi connectivity index (χ1v) is 7.65. The molecule has 0 bridgehead atoms. The van der Waals surface area contributed by atoms with Crippen molar-refractivity contribution in [2.45, 2.75) is 31.5 Å². The summed E-state index contributed by atoms with van der Waals surface area (Å²) in [6, 6.07) is 9.18. The highest BCUT2D eigenvalue weighted by molar-refractivity contribution is 5.34. The SMILES string of the molecule is N#Cc1ccc(OCC(O)CNC2CCc3ncnn3C2)cc1. The van der Waals surface area contributed by atoms with E-state index in [-0.39, 0.29) is 12.6 Å². The third kappa shape index (κ3) is 4.06. The average molecular weight is 313 g/mol. The zero-order valence-electron chi connectivity index (χ0n) is 12.7. The van der Waals surface area contributed by atoms with Crippen molar-refractivity contribution in [2.75, 3.05) is 13.2 Å². The van der Waals surface area contributed by atoms with Crippen LogP contribution in [0.3, 0.4) is 0 Å². The van der Waals surface area contributed by atoms with E-state index in [1.807, 2.05) is 4.68 Å². The fourth-order valence-electron chi connectivity index (χ4n) is 2.58. The second-order valence-electron chi connectivity index (χ2n) is 5.60. The van der Waals surface area contributed by atoms with Crippen LogP contribution in [0.4, 0.5) is 0 Å². The van der Waals surface area contributed by atoms with Crippen LogP contribution in [0.15, 0.2) is 30.6 Å². The number of nitrogens with one attached hydrogen (secondary N) is 1. The Hall–Kier alpha value is -2.43. The number of hydrogen-bond donors (Lipinski definition) is 2. The molecule has 2 aromatic rings. The molecule has 2 N–H and O–H groups in total. The number of aryl methyl sites for hydroxylation is 1. The van der Waals surface area contributed by atoms with E-state index >= 15 is 0 Å².